The maximum atomic E-state index is 11.5. The van der Waals surface area contributed by atoms with E-state index in [9.17, 15) is 4.79 Å². The lowest BCUT2D eigenvalue weighted by atomic mass is 9.84. The number of likely N-dealkylation sites (tertiary alicyclic amines) is 1. The van der Waals surface area contributed by atoms with Crippen LogP contribution < -0.4 is 0 Å². The van der Waals surface area contributed by atoms with E-state index in [1.165, 1.54) is 0 Å². The van der Waals surface area contributed by atoms with Gasteiger partial charge >= 0.3 is 0 Å². The minimum atomic E-state index is 0. The fourth-order valence-corrected chi connectivity index (χ4v) is 1.82. The number of carbonyl (C=O) groups is 1. The molecule has 0 bridgehead atoms. The van der Waals surface area contributed by atoms with Crippen LogP contribution >= 0.6 is 0 Å². The number of carbonyl (C=O) groups excluding carboxylic acids is 1. The molecule has 1 saturated heterocycles. The zero-order valence-electron chi connectivity index (χ0n) is 8.55. The molecule has 1 aliphatic rings. The second-order valence-corrected chi connectivity index (χ2v) is 5.01. The van der Waals surface area contributed by atoms with Crippen LogP contribution in [0.3, 0.4) is 0 Å². The van der Waals surface area contributed by atoms with E-state index in [0.717, 1.165) is 19.4 Å². The van der Waals surface area contributed by atoms with Crippen LogP contribution in [0.15, 0.2) is 0 Å². The molecule has 13 heavy (non-hydrogen) atoms. The first-order chi connectivity index (χ1) is 5.40. The monoisotopic (exact) mass is 185 g/mol. The lowest BCUT2D eigenvalue weighted by Gasteiger charge is -2.21. The minimum Gasteiger partial charge on any atom is -0.345 e. The maximum Gasteiger partial charge on any atom is 0.225 e. The molecule has 2 nitrogen and oxygen atoms in total. The summed E-state index contributed by atoms with van der Waals surface area (Å²) in [4.78, 5) is 13.4. The van der Waals surface area contributed by atoms with Gasteiger partial charge in [-0.25, -0.2) is 0 Å². The van der Waals surface area contributed by atoms with Gasteiger partial charge in [0.2, 0.25) is 5.91 Å². The highest BCUT2D eigenvalue weighted by molar-refractivity contribution is 5.80. The molecular weight excluding hydrogens is 162 g/mol. The maximum absolute atomic E-state index is 11.5. The lowest BCUT2D eigenvalue weighted by Crippen LogP contribution is -2.25. The lowest BCUT2D eigenvalue weighted by molar-refractivity contribution is -0.130. The molecule has 0 aromatic rings. The fourth-order valence-electron chi connectivity index (χ4n) is 1.82. The predicted octanol–water partition coefficient (Wildman–Crippen LogP) is 2.54. The quantitative estimate of drug-likeness (QED) is 0.614. The van der Waals surface area contributed by atoms with Gasteiger partial charge in [0, 0.05) is 19.5 Å². The van der Waals surface area contributed by atoms with E-state index in [1.807, 2.05) is 11.9 Å². The van der Waals surface area contributed by atoms with Gasteiger partial charge in [-0.1, -0.05) is 28.2 Å². The zero-order valence-corrected chi connectivity index (χ0v) is 8.55. The first-order valence-electron chi connectivity index (χ1n) is 4.65. The third-order valence-electron chi connectivity index (χ3n) is 2.40. The summed E-state index contributed by atoms with van der Waals surface area (Å²) in [5.41, 5.74) is 0.283. The highest BCUT2D eigenvalue weighted by Crippen LogP contribution is 2.30. The SMILES string of the molecule is C.CN1CCC(CC(C)(C)C)C1=O. The van der Waals surface area contributed by atoms with Crippen molar-refractivity contribution in [1.29, 1.82) is 0 Å². The van der Waals surface area contributed by atoms with Gasteiger partial charge in [-0.2, -0.15) is 0 Å². The number of hydrogen-bond donors (Lipinski definition) is 0. The molecule has 78 valence electrons. The normalized spacial score (nSPS) is 23.2. The van der Waals surface area contributed by atoms with E-state index >= 15 is 0 Å². The van der Waals surface area contributed by atoms with E-state index in [1.54, 1.807) is 0 Å². The van der Waals surface area contributed by atoms with Crippen LogP contribution in [0.2, 0.25) is 0 Å². The Morgan fingerprint density at radius 1 is 1.46 bits per heavy atom. The minimum absolute atomic E-state index is 0. The van der Waals surface area contributed by atoms with Crippen LogP contribution in [0, 0.1) is 11.3 Å². The van der Waals surface area contributed by atoms with Crippen LogP contribution in [-0.4, -0.2) is 24.4 Å². The van der Waals surface area contributed by atoms with Gasteiger partial charge in [0.05, 0.1) is 0 Å². The number of amides is 1. The van der Waals surface area contributed by atoms with E-state index in [0.29, 0.717) is 5.91 Å². The largest absolute Gasteiger partial charge is 0.345 e. The van der Waals surface area contributed by atoms with Gasteiger partial charge in [0.25, 0.3) is 0 Å². The Bertz CT molecular complexity index is 181. The molecule has 1 unspecified atom stereocenters. The van der Waals surface area contributed by atoms with Crippen molar-refractivity contribution in [3.8, 4) is 0 Å². The van der Waals surface area contributed by atoms with E-state index in [4.69, 9.17) is 0 Å². The average Bonchev–Trinajstić information content (AvgIpc) is 2.16. The van der Waals surface area contributed by atoms with Gasteiger partial charge in [0.15, 0.2) is 0 Å². The summed E-state index contributed by atoms with van der Waals surface area (Å²) >= 11 is 0. The Hall–Kier alpha value is -0.530. The summed E-state index contributed by atoms with van der Waals surface area (Å²) in [7, 11) is 1.89. The Morgan fingerprint density at radius 2 is 2.00 bits per heavy atom. The van der Waals surface area contributed by atoms with Gasteiger partial charge in [-0.05, 0) is 18.3 Å². The molecule has 0 radical (unpaired) electrons. The smallest absolute Gasteiger partial charge is 0.225 e. The van der Waals surface area contributed by atoms with Crippen molar-refractivity contribution >= 4 is 5.91 Å². The highest BCUT2D eigenvalue weighted by atomic mass is 16.2. The van der Waals surface area contributed by atoms with Crippen molar-refractivity contribution in [1.82, 2.24) is 4.90 Å². The molecule has 2 heteroatoms. The summed E-state index contributed by atoms with van der Waals surface area (Å²) in [6.07, 6.45) is 2.07. The molecule has 1 rings (SSSR count). The molecule has 1 aliphatic heterocycles. The van der Waals surface area contributed by atoms with Gasteiger partial charge in [-0.15, -0.1) is 0 Å². The summed E-state index contributed by atoms with van der Waals surface area (Å²) < 4.78 is 0. The van der Waals surface area contributed by atoms with Crippen molar-refractivity contribution in [2.24, 2.45) is 11.3 Å². The topological polar surface area (TPSA) is 20.3 Å². The van der Waals surface area contributed by atoms with Crippen molar-refractivity contribution < 1.29 is 4.79 Å². The third kappa shape index (κ3) is 3.37. The Balaban J connectivity index is 0.00000144. The molecule has 0 aromatic heterocycles. The molecule has 1 heterocycles. The molecule has 0 aromatic carbocycles. The highest BCUT2D eigenvalue weighted by Gasteiger charge is 2.31. The van der Waals surface area contributed by atoms with Crippen LogP contribution in [0.25, 0.3) is 0 Å². The molecule has 1 atom stereocenters. The van der Waals surface area contributed by atoms with Crippen LogP contribution in [-0.2, 0) is 4.79 Å². The fraction of sp³-hybridized carbons (Fsp3) is 0.909. The zero-order chi connectivity index (χ0) is 9.35. The molecule has 0 saturated carbocycles. The molecule has 1 fully saturated rings. The van der Waals surface area contributed by atoms with Crippen LogP contribution in [0.1, 0.15) is 41.0 Å². The number of rotatable bonds is 1. The number of hydrogen-bond acceptors (Lipinski definition) is 1. The summed E-state index contributed by atoms with van der Waals surface area (Å²) in [6, 6.07) is 0. The Kier molecular flexibility index (Phi) is 3.95. The van der Waals surface area contributed by atoms with E-state index in [-0.39, 0.29) is 18.8 Å². The first-order valence-corrected chi connectivity index (χ1v) is 4.65. The third-order valence-corrected chi connectivity index (χ3v) is 2.40. The van der Waals surface area contributed by atoms with Crippen molar-refractivity contribution in [2.45, 2.75) is 41.0 Å². The second kappa shape index (κ2) is 4.12. The Labute approximate surface area is 82.3 Å². The second-order valence-electron chi connectivity index (χ2n) is 5.01. The van der Waals surface area contributed by atoms with Crippen LogP contribution in [0.4, 0.5) is 0 Å². The van der Waals surface area contributed by atoms with Gasteiger partial charge in [-0.3, -0.25) is 4.79 Å². The number of nitrogens with zero attached hydrogens (tertiary/aromatic N) is 1. The standard InChI is InChI=1S/C10H19NO.CH4/c1-10(2,3)7-8-5-6-11(4)9(8)12;/h8H,5-7H2,1-4H3;1H4. The molecule has 0 N–H and O–H groups in total. The van der Waals surface area contributed by atoms with E-state index in [2.05, 4.69) is 20.8 Å². The average molecular weight is 185 g/mol. The first kappa shape index (κ1) is 12.5. The van der Waals surface area contributed by atoms with Crippen LogP contribution in [0.5, 0.6) is 0 Å². The molecular formula is C11H23NO. The van der Waals surface area contributed by atoms with Crippen molar-refractivity contribution in [2.75, 3.05) is 13.6 Å². The summed E-state index contributed by atoms with van der Waals surface area (Å²) in [6.45, 7) is 7.52. The van der Waals surface area contributed by atoms with Crippen molar-refractivity contribution in [3.05, 3.63) is 0 Å². The molecule has 0 aliphatic carbocycles. The van der Waals surface area contributed by atoms with Gasteiger partial charge in [0.1, 0.15) is 0 Å². The molecule has 0 spiro atoms. The predicted molar refractivity (Wildman–Crippen MR) is 56.5 cm³/mol. The Morgan fingerprint density at radius 3 is 2.31 bits per heavy atom. The molecule has 1 amide bonds. The van der Waals surface area contributed by atoms with Crippen molar-refractivity contribution in [3.63, 3.8) is 0 Å². The summed E-state index contributed by atoms with van der Waals surface area (Å²) in [5.74, 6) is 0.625. The van der Waals surface area contributed by atoms with Gasteiger partial charge < -0.3 is 4.90 Å². The van der Waals surface area contributed by atoms with E-state index < -0.39 is 0 Å². The summed E-state index contributed by atoms with van der Waals surface area (Å²) in [5, 5.41) is 0.